The SMILES string of the molecule is CSc1ccccc1C(=O)NCc1nccn1C. The van der Waals surface area contributed by atoms with Gasteiger partial charge in [-0.25, -0.2) is 4.98 Å². The van der Waals surface area contributed by atoms with Gasteiger partial charge in [0.2, 0.25) is 0 Å². The highest BCUT2D eigenvalue weighted by Crippen LogP contribution is 2.19. The quantitative estimate of drug-likeness (QED) is 0.857. The van der Waals surface area contributed by atoms with Gasteiger partial charge in [0, 0.05) is 24.3 Å². The van der Waals surface area contributed by atoms with Crippen molar-refractivity contribution in [2.75, 3.05) is 6.26 Å². The second-order valence-electron chi connectivity index (χ2n) is 3.84. The van der Waals surface area contributed by atoms with Crippen LogP contribution in [0.2, 0.25) is 0 Å². The summed E-state index contributed by atoms with van der Waals surface area (Å²) >= 11 is 1.57. The average molecular weight is 261 g/mol. The summed E-state index contributed by atoms with van der Waals surface area (Å²) in [5, 5.41) is 2.88. The summed E-state index contributed by atoms with van der Waals surface area (Å²) in [6, 6.07) is 7.58. The Kier molecular flexibility index (Phi) is 4.04. The smallest absolute Gasteiger partial charge is 0.252 e. The van der Waals surface area contributed by atoms with Gasteiger partial charge in [-0.15, -0.1) is 11.8 Å². The number of amides is 1. The van der Waals surface area contributed by atoms with Gasteiger partial charge >= 0.3 is 0 Å². The molecule has 1 aromatic heterocycles. The Hall–Kier alpha value is -1.75. The van der Waals surface area contributed by atoms with Crippen LogP contribution in [0.3, 0.4) is 0 Å². The van der Waals surface area contributed by atoms with Crippen molar-refractivity contribution in [3.05, 3.63) is 48.0 Å². The Morgan fingerprint density at radius 1 is 1.44 bits per heavy atom. The summed E-state index contributed by atoms with van der Waals surface area (Å²) < 4.78 is 1.89. The molecule has 0 saturated carbocycles. The minimum Gasteiger partial charge on any atom is -0.345 e. The fourth-order valence-corrected chi connectivity index (χ4v) is 2.25. The predicted octanol–water partition coefficient (Wildman–Crippen LogP) is 2.07. The predicted molar refractivity (Wildman–Crippen MR) is 72.6 cm³/mol. The molecule has 1 amide bonds. The zero-order chi connectivity index (χ0) is 13.0. The van der Waals surface area contributed by atoms with Crippen molar-refractivity contribution < 1.29 is 4.79 Å². The van der Waals surface area contributed by atoms with Crippen molar-refractivity contribution in [1.29, 1.82) is 0 Å². The first-order valence-corrected chi connectivity index (χ1v) is 6.82. The van der Waals surface area contributed by atoms with Gasteiger partial charge in [0.25, 0.3) is 5.91 Å². The molecule has 2 rings (SSSR count). The van der Waals surface area contributed by atoms with Crippen molar-refractivity contribution in [2.45, 2.75) is 11.4 Å². The molecule has 0 bridgehead atoms. The highest BCUT2D eigenvalue weighted by atomic mass is 32.2. The lowest BCUT2D eigenvalue weighted by Crippen LogP contribution is -2.24. The molecule has 2 aromatic rings. The Morgan fingerprint density at radius 2 is 2.22 bits per heavy atom. The molecule has 0 saturated heterocycles. The lowest BCUT2D eigenvalue weighted by Gasteiger charge is -2.08. The van der Waals surface area contributed by atoms with Gasteiger partial charge in [0.15, 0.2) is 0 Å². The first-order chi connectivity index (χ1) is 8.72. The molecule has 5 heteroatoms. The third kappa shape index (κ3) is 2.73. The van der Waals surface area contributed by atoms with Gasteiger partial charge in [-0.05, 0) is 18.4 Å². The van der Waals surface area contributed by atoms with Crippen LogP contribution in [-0.2, 0) is 13.6 Å². The molecule has 0 aliphatic rings. The highest BCUT2D eigenvalue weighted by Gasteiger charge is 2.10. The van der Waals surface area contributed by atoms with E-state index in [0.29, 0.717) is 12.1 Å². The van der Waals surface area contributed by atoms with Crippen LogP contribution >= 0.6 is 11.8 Å². The molecule has 94 valence electrons. The molecule has 1 N–H and O–H groups in total. The van der Waals surface area contributed by atoms with E-state index < -0.39 is 0 Å². The lowest BCUT2D eigenvalue weighted by atomic mass is 10.2. The van der Waals surface area contributed by atoms with Crippen LogP contribution in [0.5, 0.6) is 0 Å². The summed E-state index contributed by atoms with van der Waals surface area (Å²) in [6.07, 6.45) is 5.54. The van der Waals surface area contributed by atoms with Crippen LogP contribution in [0.25, 0.3) is 0 Å². The van der Waals surface area contributed by atoms with Gasteiger partial charge in [0.1, 0.15) is 5.82 Å². The summed E-state index contributed by atoms with van der Waals surface area (Å²) in [7, 11) is 1.91. The van der Waals surface area contributed by atoms with E-state index in [9.17, 15) is 4.79 Å². The molecule has 4 nitrogen and oxygen atoms in total. The van der Waals surface area contributed by atoms with E-state index in [-0.39, 0.29) is 5.91 Å². The van der Waals surface area contributed by atoms with Crippen molar-refractivity contribution in [3.8, 4) is 0 Å². The van der Waals surface area contributed by atoms with E-state index >= 15 is 0 Å². The second kappa shape index (κ2) is 5.73. The topological polar surface area (TPSA) is 46.9 Å². The fourth-order valence-electron chi connectivity index (χ4n) is 1.65. The number of hydrogen-bond acceptors (Lipinski definition) is 3. The molecule has 0 aliphatic heterocycles. The molecular weight excluding hydrogens is 246 g/mol. The number of nitrogens with zero attached hydrogens (tertiary/aromatic N) is 2. The number of imidazole rings is 1. The van der Waals surface area contributed by atoms with Gasteiger partial charge in [-0.2, -0.15) is 0 Å². The third-order valence-electron chi connectivity index (χ3n) is 2.68. The molecule has 0 radical (unpaired) electrons. The number of rotatable bonds is 4. The van der Waals surface area contributed by atoms with E-state index in [1.54, 1.807) is 18.0 Å². The number of carbonyl (C=O) groups excluding carboxylic acids is 1. The summed E-state index contributed by atoms with van der Waals surface area (Å²) in [6.45, 7) is 0.436. The number of hydrogen-bond donors (Lipinski definition) is 1. The maximum absolute atomic E-state index is 12.1. The van der Waals surface area contributed by atoms with E-state index in [1.807, 2.05) is 48.3 Å². The minimum atomic E-state index is -0.0667. The second-order valence-corrected chi connectivity index (χ2v) is 4.69. The van der Waals surface area contributed by atoms with E-state index in [4.69, 9.17) is 0 Å². The molecule has 0 atom stereocenters. The molecule has 0 spiro atoms. The Morgan fingerprint density at radius 3 is 2.89 bits per heavy atom. The van der Waals surface area contributed by atoms with Crippen LogP contribution in [0.4, 0.5) is 0 Å². The van der Waals surface area contributed by atoms with Crippen LogP contribution in [0, 0.1) is 0 Å². The van der Waals surface area contributed by atoms with Crippen LogP contribution in [0.1, 0.15) is 16.2 Å². The maximum atomic E-state index is 12.1. The van der Waals surface area contributed by atoms with Crippen molar-refractivity contribution in [2.24, 2.45) is 7.05 Å². The van der Waals surface area contributed by atoms with Crippen LogP contribution in [0.15, 0.2) is 41.6 Å². The van der Waals surface area contributed by atoms with Gasteiger partial charge in [-0.1, -0.05) is 12.1 Å². The molecule has 1 aromatic carbocycles. The molecule has 1 heterocycles. The largest absolute Gasteiger partial charge is 0.345 e. The summed E-state index contributed by atoms with van der Waals surface area (Å²) in [5.41, 5.74) is 0.708. The summed E-state index contributed by atoms with van der Waals surface area (Å²) in [4.78, 5) is 17.2. The maximum Gasteiger partial charge on any atom is 0.252 e. The number of carbonyl (C=O) groups is 1. The van der Waals surface area contributed by atoms with E-state index in [0.717, 1.165) is 10.7 Å². The highest BCUT2D eigenvalue weighted by molar-refractivity contribution is 7.98. The van der Waals surface area contributed by atoms with Crippen LogP contribution < -0.4 is 5.32 Å². The van der Waals surface area contributed by atoms with Gasteiger partial charge < -0.3 is 9.88 Å². The van der Waals surface area contributed by atoms with Gasteiger partial charge in [-0.3, -0.25) is 4.79 Å². The molecular formula is C13H15N3OS. The van der Waals surface area contributed by atoms with Crippen molar-refractivity contribution in [3.63, 3.8) is 0 Å². The third-order valence-corrected chi connectivity index (χ3v) is 3.48. The Labute approximate surface area is 110 Å². The zero-order valence-corrected chi connectivity index (χ0v) is 11.2. The summed E-state index contributed by atoms with van der Waals surface area (Å²) in [5.74, 6) is 0.771. The molecule has 0 unspecified atom stereocenters. The van der Waals surface area contributed by atoms with Crippen molar-refractivity contribution >= 4 is 17.7 Å². The number of aromatic nitrogens is 2. The standard InChI is InChI=1S/C13H15N3OS/c1-16-8-7-14-12(16)9-15-13(17)10-5-3-4-6-11(10)18-2/h3-8H,9H2,1-2H3,(H,15,17). The van der Waals surface area contributed by atoms with Gasteiger partial charge in [0.05, 0.1) is 12.1 Å². The first-order valence-electron chi connectivity index (χ1n) is 5.60. The first kappa shape index (κ1) is 12.7. The van der Waals surface area contributed by atoms with E-state index in [2.05, 4.69) is 10.3 Å². The van der Waals surface area contributed by atoms with E-state index in [1.165, 1.54) is 0 Å². The number of benzene rings is 1. The Balaban J connectivity index is 2.06. The lowest BCUT2D eigenvalue weighted by molar-refractivity contribution is 0.0946. The minimum absolute atomic E-state index is 0.0667. The van der Waals surface area contributed by atoms with Crippen molar-refractivity contribution in [1.82, 2.24) is 14.9 Å². The molecule has 0 aliphatic carbocycles. The molecule has 0 fully saturated rings. The molecule has 18 heavy (non-hydrogen) atoms. The number of nitrogens with one attached hydrogen (secondary N) is 1. The van der Waals surface area contributed by atoms with Crippen LogP contribution in [-0.4, -0.2) is 21.7 Å². The zero-order valence-electron chi connectivity index (χ0n) is 10.4. The normalized spacial score (nSPS) is 10.3. The number of thioether (sulfide) groups is 1. The Bertz CT molecular complexity index is 551. The fraction of sp³-hybridized carbons (Fsp3) is 0.231. The average Bonchev–Trinajstić information content (AvgIpc) is 2.81. The monoisotopic (exact) mass is 261 g/mol. The number of aryl methyl sites for hydroxylation is 1.